The van der Waals surface area contributed by atoms with Gasteiger partial charge in [-0.1, -0.05) is 0 Å². The van der Waals surface area contributed by atoms with E-state index in [0.29, 0.717) is 0 Å². The number of hydrogen-bond acceptors (Lipinski definition) is 2. The van der Waals surface area contributed by atoms with Crippen LogP contribution in [-0.2, 0) is 56.2 Å². The van der Waals surface area contributed by atoms with Gasteiger partial charge < -0.3 is 0 Å². The summed E-state index contributed by atoms with van der Waals surface area (Å²) in [6.45, 7) is 0. The summed E-state index contributed by atoms with van der Waals surface area (Å²) < 4.78 is 12.8. The van der Waals surface area contributed by atoms with Crippen molar-refractivity contribution in [3.8, 4) is 0 Å². The molecule has 0 unspecified atom stereocenters. The SMILES string of the molecule is CO[C@@H]([CH2][Hg][Cl])[C@@H]([CH2][Hg][Cl])OC. The Balaban J connectivity index is 3.84. The van der Waals surface area contributed by atoms with Crippen LogP contribution in [-0.4, -0.2) is 26.4 Å². The molecule has 0 radical (unpaired) electrons. The first-order valence-corrected chi connectivity index (χ1v) is 25.3. The van der Waals surface area contributed by atoms with Crippen molar-refractivity contribution in [1.82, 2.24) is 0 Å². The van der Waals surface area contributed by atoms with Gasteiger partial charge in [0.25, 0.3) is 0 Å². The number of hydrogen-bond donors (Lipinski definition) is 0. The Kier molecular flexibility index (Phi) is 11.9. The molecule has 0 saturated carbocycles. The number of ether oxygens (including phenoxy) is 2. The average Bonchev–Trinajstić information content (AvgIpc) is 2.11. The van der Waals surface area contributed by atoms with Crippen molar-refractivity contribution in [2.75, 3.05) is 14.2 Å². The van der Waals surface area contributed by atoms with Crippen LogP contribution >= 0.6 is 16.5 Å². The molecule has 0 aliphatic heterocycles. The van der Waals surface area contributed by atoms with Crippen LogP contribution in [0.15, 0.2) is 0 Å². The van der Waals surface area contributed by atoms with Gasteiger partial charge in [0.05, 0.1) is 0 Å². The molecule has 0 N–H and O–H groups in total. The Labute approximate surface area is 105 Å². The van der Waals surface area contributed by atoms with Crippen LogP contribution in [0.25, 0.3) is 0 Å². The van der Waals surface area contributed by atoms with Gasteiger partial charge in [-0.2, -0.15) is 0 Å². The molecule has 12 heavy (non-hydrogen) atoms. The third kappa shape index (κ3) is 5.97. The van der Waals surface area contributed by atoms with E-state index < -0.39 is 46.7 Å². The predicted octanol–water partition coefficient (Wildman–Crippen LogP) is 2.33. The first kappa shape index (κ1) is 14.4. The van der Waals surface area contributed by atoms with Gasteiger partial charge >= 0.3 is 107 Å². The van der Waals surface area contributed by atoms with Crippen LogP contribution in [0.4, 0.5) is 0 Å². The van der Waals surface area contributed by atoms with Gasteiger partial charge in [-0.25, -0.2) is 0 Å². The summed E-state index contributed by atoms with van der Waals surface area (Å²) in [5.74, 6) is 0. The maximum atomic E-state index is 5.85. The minimum absolute atomic E-state index is 0.216. The standard InChI is InChI=1S/C6H12O2.2ClH.2Hg/c1-5(7-3)6(2)8-4;;;;/h5-6H,1-2H2,3-4H3;2*1H;;/q;;;2*+1/p-2/t5-,6+;;;;. The zero-order chi connectivity index (χ0) is 9.40. The Morgan fingerprint density at radius 1 is 1.00 bits per heavy atom. The second-order valence-electron chi connectivity index (χ2n) is 2.50. The molecule has 2 nitrogen and oxygen atoms in total. The molecule has 0 aliphatic rings. The Hall–Kier alpha value is 2.37. The molecule has 0 heterocycles. The fraction of sp³-hybridized carbons (Fsp3) is 1.00. The van der Waals surface area contributed by atoms with Crippen molar-refractivity contribution in [2.45, 2.75) is 20.1 Å². The number of rotatable bonds is 7. The van der Waals surface area contributed by atoms with Crippen LogP contribution in [0.2, 0.25) is 7.86 Å². The summed E-state index contributed by atoms with van der Waals surface area (Å²) in [5.41, 5.74) is 0. The summed E-state index contributed by atoms with van der Waals surface area (Å²) in [6, 6.07) is 0. The molecular weight excluding hydrogens is 576 g/mol. The second kappa shape index (κ2) is 9.91. The summed E-state index contributed by atoms with van der Waals surface area (Å²) in [7, 11) is 15.1. The van der Waals surface area contributed by atoms with Gasteiger partial charge in [-0.15, -0.1) is 0 Å². The quantitative estimate of drug-likeness (QED) is 0.426. The summed E-state index contributed by atoms with van der Waals surface area (Å²) >= 11 is -2.22. The predicted molar refractivity (Wildman–Crippen MR) is 42.9 cm³/mol. The molecule has 2 atom stereocenters. The van der Waals surface area contributed by atoms with E-state index in [1.54, 1.807) is 14.2 Å². The van der Waals surface area contributed by atoms with Crippen molar-refractivity contribution in [3.05, 3.63) is 0 Å². The first-order valence-electron chi connectivity index (χ1n) is 3.97. The fourth-order valence-corrected chi connectivity index (χ4v) is 11.3. The van der Waals surface area contributed by atoms with Crippen LogP contribution in [0.3, 0.4) is 0 Å². The van der Waals surface area contributed by atoms with E-state index in [0.717, 1.165) is 7.86 Å². The van der Waals surface area contributed by atoms with Gasteiger partial charge in [-0.05, 0) is 0 Å². The van der Waals surface area contributed by atoms with Gasteiger partial charge in [0.15, 0.2) is 0 Å². The average molecular weight is 588 g/mol. The minimum atomic E-state index is -1.11. The van der Waals surface area contributed by atoms with Crippen LogP contribution in [0.5, 0.6) is 0 Å². The third-order valence-electron chi connectivity index (χ3n) is 1.81. The molecule has 0 aromatic rings. The first-order chi connectivity index (χ1) is 5.79. The second-order valence-corrected chi connectivity index (χ2v) is 16.6. The molecule has 0 saturated heterocycles. The molecule has 0 aliphatic carbocycles. The van der Waals surface area contributed by atoms with Crippen molar-refractivity contribution in [1.29, 1.82) is 0 Å². The number of methoxy groups -OCH3 is 2. The maximum absolute atomic E-state index is 5.85. The Bertz CT molecular complexity index is 95.5. The zero-order valence-electron chi connectivity index (χ0n) is 7.56. The topological polar surface area (TPSA) is 18.5 Å². The molecule has 0 spiro atoms. The Morgan fingerprint density at radius 3 is 1.50 bits per heavy atom. The molecule has 0 rings (SSSR count). The van der Waals surface area contributed by atoms with Crippen LogP contribution in [0.1, 0.15) is 0 Å². The molecule has 0 aromatic carbocycles. The fourth-order valence-electron chi connectivity index (χ4n) is 1.13. The summed E-state index contributed by atoms with van der Waals surface area (Å²) in [6.07, 6.45) is 0.431. The molecular formula is C6H12Cl2Hg2O2. The molecule has 0 aromatic heterocycles. The van der Waals surface area contributed by atoms with Gasteiger partial charge in [0.2, 0.25) is 0 Å². The van der Waals surface area contributed by atoms with Gasteiger partial charge in [0, 0.05) is 0 Å². The van der Waals surface area contributed by atoms with Crippen molar-refractivity contribution in [2.24, 2.45) is 0 Å². The third-order valence-corrected chi connectivity index (χ3v) is 11.8. The summed E-state index contributed by atoms with van der Waals surface area (Å²) in [4.78, 5) is 0. The monoisotopic (exact) mass is 590 g/mol. The van der Waals surface area contributed by atoms with Crippen molar-refractivity contribution in [3.63, 3.8) is 0 Å². The van der Waals surface area contributed by atoms with Crippen LogP contribution in [0, 0.1) is 0 Å². The van der Waals surface area contributed by atoms with Crippen molar-refractivity contribution >= 4 is 16.5 Å². The van der Waals surface area contributed by atoms with E-state index in [-0.39, 0.29) is 12.2 Å². The molecule has 0 amide bonds. The number of halogens is 2. The Morgan fingerprint density at radius 2 is 1.33 bits per heavy atom. The van der Waals surface area contributed by atoms with Crippen molar-refractivity contribution < 1.29 is 56.2 Å². The van der Waals surface area contributed by atoms with Crippen LogP contribution < -0.4 is 0 Å². The summed E-state index contributed by atoms with van der Waals surface area (Å²) in [5, 5.41) is 0. The zero-order valence-corrected chi connectivity index (χ0v) is 20.1. The van der Waals surface area contributed by atoms with E-state index in [9.17, 15) is 0 Å². The normalized spacial score (nSPS) is 14.7. The molecule has 0 bridgehead atoms. The van der Waals surface area contributed by atoms with E-state index >= 15 is 0 Å². The van der Waals surface area contributed by atoms with Gasteiger partial charge in [-0.3, -0.25) is 0 Å². The molecule has 0 fully saturated rings. The van der Waals surface area contributed by atoms with E-state index in [1.807, 2.05) is 0 Å². The molecule has 6 heteroatoms. The van der Waals surface area contributed by atoms with E-state index in [4.69, 9.17) is 26.0 Å². The van der Waals surface area contributed by atoms with E-state index in [2.05, 4.69) is 0 Å². The van der Waals surface area contributed by atoms with E-state index in [1.165, 1.54) is 0 Å². The molecule has 66 valence electrons. The van der Waals surface area contributed by atoms with Gasteiger partial charge in [0.1, 0.15) is 0 Å².